The van der Waals surface area contributed by atoms with E-state index < -0.39 is 6.10 Å². The van der Waals surface area contributed by atoms with Crippen molar-refractivity contribution in [2.45, 2.75) is 19.6 Å². The minimum atomic E-state index is -0.531. The predicted molar refractivity (Wildman–Crippen MR) is 82.2 cm³/mol. The average molecular weight is 289 g/mol. The fourth-order valence-electron chi connectivity index (χ4n) is 2.09. The molecule has 0 spiro atoms. The third-order valence-corrected chi connectivity index (χ3v) is 3.32. The second-order valence-corrected chi connectivity index (χ2v) is 5.43. The van der Waals surface area contributed by atoms with Gasteiger partial charge in [-0.1, -0.05) is 17.7 Å². The number of hydrogen-bond acceptors (Lipinski definition) is 4. The van der Waals surface area contributed by atoms with Crippen LogP contribution in [0.5, 0.6) is 5.75 Å². The van der Waals surface area contributed by atoms with Crippen molar-refractivity contribution in [2.75, 3.05) is 20.2 Å². The lowest BCUT2D eigenvalue weighted by molar-refractivity contribution is 0.0734. The van der Waals surface area contributed by atoms with Crippen molar-refractivity contribution in [3.05, 3.63) is 48.0 Å². The van der Waals surface area contributed by atoms with E-state index in [9.17, 15) is 5.11 Å². The Morgan fingerprint density at radius 2 is 2.05 bits per heavy atom. The number of imidazole rings is 1. The summed E-state index contributed by atoms with van der Waals surface area (Å²) in [5, 5.41) is 10.0. The highest BCUT2D eigenvalue weighted by atomic mass is 16.5. The molecule has 1 atom stereocenters. The van der Waals surface area contributed by atoms with Crippen LogP contribution < -0.4 is 4.74 Å². The Balaban J connectivity index is 1.74. The number of rotatable bonds is 7. The maximum absolute atomic E-state index is 10.0. The van der Waals surface area contributed by atoms with Crippen LogP contribution in [0.25, 0.3) is 0 Å². The second-order valence-electron chi connectivity index (χ2n) is 5.43. The summed E-state index contributed by atoms with van der Waals surface area (Å²) < 4.78 is 7.56. The van der Waals surface area contributed by atoms with Crippen LogP contribution in [0, 0.1) is 6.92 Å². The van der Waals surface area contributed by atoms with Gasteiger partial charge in [0.2, 0.25) is 0 Å². The molecule has 0 bridgehead atoms. The maximum Gasteiger partial charge on any atom is 0.122 e. The summed E-state index contributed by atoms with van der Waals surface area (Å²) in [6.07, 6.45) is 3.16. The van der Waals surface area contributed by atoms with Gasteiger partial charge in [-0.2, -0.15) is 0 Å². The number of nitrogens with zero attached hydrogens (tertiary/aromatic N) is 3. The molecule has 1 heterocycles. The summed E-state index contributed by atoms with van der Waals surface area (Å²) in [4.78, 5) is 6.31. The molecule has 2 rings (SSSR count). The van der Waals surface area contributed by atoms with Gasteiger partial charge in [0, 0.05) is 26.0 Å². The summed E-state index contributed by atoms with van der Waals surface area (Å²) in [7, 11) is 3.93. The smallest absolute Gasteiger partial charge is 0.122 e. The van der Waals surface area contributed by atoms with Crippen molar-refractivity contribution in [1.29, 1.82) is 0 Å². The van der Waals surface area contributed by atoms with Crippen molar-refractivity contribution >= 4 is 0 Å². The van der Waals surface area contributed by atoms with Crippen molar-refractivity contribution in [2.24, 2.45) is 7.05 Å². The van der Waals surface area contributed by atoms with Gasteiger partial charge in [-0.15, -0.1) is 0 Å². The Labute approximate surface area is 125 Å². The van der Waals surface area contributed by atoms with Gasteiger partial charge < -0.3 is 14.4 Å². The monoisotopic (exact) mass is 289 g/mol. The zero-order chi connectivity index (χ0) is 15.2. The van der Waals surface area contributed by atoms with Crippen LogP contribution in [-0.2, 0) is 13.6 Å². The number of aryl methyl sites for hydroxylation is 2. The first kappa shape index (κ1) is 15.5. The molecular formula is C16H23N3O2. The highest BCUT2D eigenvalue weighted by Gasteiger charge is 2.11. The molecule has 0 fully saturated rings. The van der Waals surface area contributed by atoms with Gasteiger partial charge in [0.25, 0.3) is 0 Å². The van der Waals surface area contributed by atoms with Gasteiger partial charge in [0.15, 0.2) is 0 Å². The number of aromatic nitrogens is 2. The van der Waals surface area contributed by atoms with Crippen molar-refractivity contribution in [1.82, 2.24) is 14.5 Å². The van der Waals surface area contributed by atoms with Gasteiger partial charge in [0.05, 0.1) is 6.54 Å². The molecule has 0 aliphatic heterocycles. The molecule has 0 radical (unpaired) electrons. The molecule has 5 heteroatoms. The van der Waals surface area contributed by atoms with E-state index in [1.54, 1.807) is 6.20 Å². The molecule has 1 aromatic carbocycles. The number of aliphatic hydroxyl groups is 1. The van der Waals surface area contributed by atoms with Crippen molar-refractivity contribution < 1.29 is 9.84 Å². The van der Waals surface area contributed by atoms with E-state index in [4.69, 9.17) is 4.74 Å². The zero-order valence-corrected chi connectivity index (χ0v) is 12.9. The third-order valence-electron chi connectivity index (χ3n) is 3.32. The first-order valence-corrected chi connectivity index (χ1v) is 7.07. The summed E-state index contributed by atoms with van der Waals surface area (Å²) in [6, 6.07) is 7.82. The van der Waals surface area contributed by atoms with E-state index >= 15 is 0 Å². The molecule has 5 nitrogen and oxygen atoms in total. The Hall–Kier alpha value is -1.85. The highest BCUT2D eigenvalue weighted by Crippen LogP contribution is 2.11. The SMILES string of the molecule is Cc1ccc(OCC(O)CN(C)Cc2nccn2C)cc1. The molecular weight excluding hydrogens is 266 g/mol. The average Bonchev–Trinajstić information content (AvgIpc) is 2.83. The standard InChI is InChI=1S/C16H23N3O2/c1-13-4-6-15(7-5-13)21-12-14(20)10-18(2)11-16-17-8-9-19(16)3/h4-9,14,20H,10-12H2,1-3H3. The largest absolute Gasteiger partial charge is 0.491 e. The summed E-state index contributed by atoms with van der Waals surface area (Å²) >= 11 is 0. The van der Waals surface area contributed by atoms with Gasteiger partial charge in [0.1, 0.15) is 24.3 Å². The predicted octanol–water partition coefficient (Wildman–Crippen LogP) is 1.60. The van der Waals surface area contributed by atoms with Gasteiger partial charge in [-0.05, 0) is 26.1 Å². The second kappa shape index (κ2) is 7.24. The van der Waals surface area contributed by atoms with Gasteiger partial charge in [-0.3, -0.25) is 4.90 Å². The minimum absolute atomic E-state index is 0.286. The highest BCUT2D eigenvalue weighted by molar-refractivity contribution is 5.26. The molecule has 0 saturated carbocycles. The van der Waals surface area contributed by atoms with Crippen LogP contribution in [0.2, 0.25) is 0 Å². The van der Waals surface area contributed by atoms with Crippen LogP contribution in [0.1, 0.15) is 11.4 Å². The molecule has 0 aliphatic carbocycles. The van der Waals surface area contributed by atoms with Crippen LogP contribution in [0.3, 0.4) is 0 Å². The molecule has 1 unspecified atom stereocenters. The van der Waals surface area contributed by atoms with Crippen LogP contribution >= 0.6 is 0 Å². The molecule has 114 valence electrons. The Kier molecular flexibility index (Phi) is 5.36. The number of ether oxygens (including phenoxy) is 1. The fourth-order valence-corrected chi connectivity index (χ4v) is 2.09. The first-order valence-electron chi connectivity index (χ1n) is 7.07. The molecule has 0 saturated heterocycles. The Morgan fingerprint density at radius 1 is 1.33 bits per heavy atom. The quantitative estimate of drug-likeness (QED) is 0.841. The van der Waals surface area contributed by atoms with E-state index in [-0.39, 0.29) is 6.61 Å². The Bertz CT molecular complexity index is 551. The molecule has 1 N–H and O–H groups in total. The van der Waals surface area contributed by atoms with Gasteiger partial charge in [-0.25, -0.2) is 4.98 Å². The topological polar surface area (TPSA) is 50.5 Å². The molecule has 21 heavy (non-hydrogen) atoms. The minimum Gasteiger partial charge on any atom is -0.491 e. The van der Waals surface area contributed by atoms with Crippen molar-refractivity contribution in [3.8, 4) is 5.75 Å². The first-order chi connectivity index (χ1) is 10.0. The van der Waals surface area contributed by atoms with Crippen LogP contribution in [-0.4, -0.2) is 45.9 Å². The lowest BCUT2D eigenvalue weighted by Crippen LogP contribution is -2.33. The summed E-state index contributed by atoms with van der Waals surface area (Å²) in [5.41, 5.74) is 1.19. The number of aliphatic hydroxyl groups excluding tert-OH is 1. The van der Waals surface area contributed by atoms with E-state index in [1.165, 1.54) is 5.56 Å². The lowest BCUT2D eigenvalue weighted by atomic mass is 10.2. The third kappa shape index (κ3) is 4.88. The normalized spacial score (nSPS) is 12.6. The summed E-state index contributed by atoms with van der Waals surface area (Å²) in [5.74, 6) is 1.76. The zero-order valence-electron chi connectivity index (χ0n) is 12.9. The number of hydrogen-bond donors (Lipinski definition) is 1. The van der Waals surface area contributed by atoms with E-state index in [2.05, 4.69) is 4.98 Å². The fraction of sp³-hybridized carbons (Fsp3) is 0.438. The lowest BCUT2D eigenvalue weighted by Gasteiger charge is -2.20. The molecule has 1 aromatic heterocycles. The van der Waals surface area contributed by atoms with E-state index in [0.717, 1.165) is 11.6 Å². The van der Waals surface area contributed by atoms with E-state index in [1.807, 2.05) is 60.9 Å². The van der Waals surface area contributed by atoms with Crippen LogP contribution in [0.15, 0.2) is 36.7 Å². The van der Waals surface area contributed by atoms with E-state index in [0.29, 0.717) is 13.1 Å². The number of benzene rings is 1. The number of likely N-dealkylation sites (N-methyl/N-ethyl adjacent to an activating group) is 1. The Morgan fingerprint density at radius 3 is 2.67 bits per heavy atom. The molecule has 2 aromatic rings. The molecule has 0 aliphatic rings. The van der Waals surface area contributed by atoms with Crippen LogP contribution in [0.4, 0.5) is 0 Å². The van der Waals surface area contributed by atoms with Gasteiger partial charge >= 0.3 is 0 Å². The summed E-state index contributed by atoms with van der Waals surface area (Å²) in [6.45, 7) is 3.56. The van der Waals surface area contributed by atoms with Crippen molar-refractivity contribution in [3.63, 3.8) is 0 Å². The molecule has 0 amide bonds. The maximum atomic E-state index is 10.0.